The standard InChI is InChI=1S/C48H35FN6O2/c1-30(2)23-31-28-52-48(53-29-31)32-24-43(56-33-17-19-37-35-11-3-5-13-39(35)54(41(37)26-33)45-15-7-9-21-50-45)47(49)44(25-32)57-34-18-20-38-36-12-4-6-14-40(36)55(42(38)27-34)46-16-8-10-22-51-46/h3-22,24-30H,23H2,1-2H3. The Morgan fingerprint density at radius 3 is 1.47 bits per heavy atom. The largest absolute Gasteiger partial charge is 0.454 e. The Morgan fingerprint density at radius 2 is 1.00 bits per heavy atom. The second-order valence-electron chi connectivity index (χ2n) is 14.4. The maximum atomic E-state index is 16.9. The lowest BCUT2D eigenvalue weighted by Gasteiger charge is -2.15. The van der Waals surface area contributed by atoms with E-state index in [1.165, 1.54) is 0 Å². The summed E-state index contributed by atoms with van der Waals surface area (Å²) in [7, 11) is 0. The van der Waals surface area contributed by atoms with Crippen LogP contribution in [0.25, 0.3) is 66.6 Å². The SMILES string of the molecule is CC(C)Cc1cnc(-c2cc(Oc3ccc4c5ccccc5n(-c5ccccn5)c4c3)c(F)c(Oc3ccc4c5ccccc5n(-c5ccccn5)c4c3)c2)nc1. The highest BCUT2D eigenvalue weighted by Gasteiger charge is 2.21. The third kappa shape index (κ3) is 6.19. The summed E-state index contributed by atoms with van der Waals surface area (Å²) in [5, 5.41) is 4.20. The first-order chi connectivity index (χ1) is 28.0. The number of benzene rings is 5. The van der Waals surface area contributed by atoms with Crippen LogP contribution in [0.5, 0.6) is 23.0 Å². The molecule has 0 radical (unpaired) electrons. The number of fused-ring (bicyclic) bond motifs is 6. The average molecular weight is 747 g/mol. The number of halogens is 1. The van der Waals surface area contributed by atoms with Gasteiger partial charge in [0.2, 0.25) is 5.82 Å². The van der Waals surface area contributed by atoms with E-state index >= 15 is 4.39 Å². The van der Waals surface area contributed by atoms with Crippen molar-refractivity contribution in [2.24, 2.45) is 5.92 Å². The van der Waals surface area contributed by atoms with E-state index in [1.54, 1.807) is 24.5 Å². The Labute approximate surface area is 327 Å². The number of hydrogen-bond acceptors (Lipinski definition) is 6. The van der Waals surface area contributed by atoms with Crippen LogP contribution in [-0.2, 0) is 6.42 Å². The van der Waals surface area contributed by atoms with Crippen molar-refractivity contribution in [3.05, 3.63) is 170 Å². The van der Waals surface area contributed by atoms with Gasteiger partial charge in [0, 0.05) is 64.0 Å². The summed E-state index contributed by atoms with van der Waals surface area (Å²) in [6.07, 6.45) is 8.03. The molecular formula is C48H35FN6O2. The van der Waals surface area contributed by atoms with E-state index in [4.69, 9.17) is 9.47 Å². The Balaban J connectivity index is 1.09. The first-order valence-electron chi connectivity index (χ1n) is 18.9. The van der Waals surface area contributed by atoms with Crippen LogP contribution in [-0.4, -0.2) is 29.1 Å². The minimum atomic E-state index is -0.661. The summed E-state index contributed by atoms with van der Waals surface area (Å²) in [5.74, 6) is 2.58. The molecule has 0 saturated carbocycles. The normalized spacial score (nSPS) is 11.6. The second-order valence-corrected chi connectivity index (χ2v) is 14.4. The molecule has 0 bridgehead atoms. The molecule has 0 spiro atoms. The van der Waals surface area contributed by atoms with Gasteiger partial charge in [-0.25, -0.2) is 19.9 Å². The highest BCUT2D eigenvalue weighted by molar-refractivity contribution is 6.10. The monoisotopic (exact) mass is 746 g/mol. The van der Waals surface area contributed by atoms with Gasteiger partial charge in [-0.05, 0) is 90.7 Å². The van der Waals surface area contributed by atoms with Gasteiger partial charge in [-0.2, -0.15) is 4.39 Å². The van der Waals surface area contributed by atoms with Gasteiger partial charge in [-0.15, -0.1) is 0 Å². The molecule has 8 nitrogen and oxygen atoms in total. The number of para-hydroxylation sites is 2. The summed E-state index contributed by atoms with van der Waals surface area (Å²) in [6.45, 7) is 4.31. The number of aromatic nitrogens is 6. The van der Waals surface area contributed by atoms with E-state index in [9.17, 15) is 0 Å². The molecule has 0 aliphatic heterocycles. The van der Waals surface area contributed by atoms with E-state index in [2.05, 4.69) is 67.2 Å². The van der Waals surface area contributed by atoms with Crippen molar-refractivity contribution < 1.29 is 13.9 Å². The lowest BCUT2D eigenvalue weighted by Crippen LogP contribution is -2.00. The van der Waals surface area contributed by atoms with E-state index in [0.717, 1.165) is 67.2 Å². The number of nitrogens with zero attached hydrogens (tertiary/aromatic N) is 6. The molecule has 5 aromatic carbocycles. The van der Waals surface area contributed by atoms with E-state index in [-0.39, 0.29) is 11.5 Å². The van der Waals surface area contributed by atoms with Crippen molar-refractivity contribution in [3.63, 3.8) is 0 Å². The molecule has 5 heterocycles. The topological polar surface area (TPSA) is 79.9 Å². The fraction of sp³-hybridized carbons (Fsp3) is 0.0833. The molecule has 0 aliphatic carbocycles. The first-order valence-corrected chi connectivity index (χ1v) is 18.9. The van der Waals surface area contributed by atoms with E-state index in [0.29, 0.717) is 28.8 Å². The van der Waals surface area contributed by atoms with Crippen LogP contribution >= 0.6 is 0 Å². The van der Waals surface area contributed by atoms with Gasteiger partial charge in [0.15, 0.2) is 17.3 Å². The fourth-order valence-electron chi connectivity index (χ4n) is 7.68. The molecule has 0 unspecified atom stereocenters. The highest BCUT2D eigenvalue weighted by atomic mass is 19.1. The molecule has 10 aromatic rings. The van der Waals surface area contributed by atoms with Crippen LogP contribution in [0, 0.1) is 11.7 Å². The Bertz CT molecular complexity index is 2910. The molecule has 276 valence electrons. The third-order valence-electron chi connectivity index (χ3n) is 10.1. The third-order valence-corrected chi connectivity index (χ3v) is 10.1. The Kier molecular flexibility index (Phi) is 8.40. The summed E-state index contributed by atoms with van der Waals surface area (Å²) in [4.78, 5) is 18.7. The number of pyridine rings is 2. The molecule has 9 heteroatoms. The van der Waals surface area contributed by atoms with Gasteiger partial charge in [0.25, 0.3) is 0 Å². The Hall–Kier alpha value is -7.39. The van der Waals surface area contributed by atoms with Crippen molar-refractivity contribution in [3.8, 4) is 46.0 Å². The second kappa shape index (κ2) is 14.0. The van der Waals surface area contributed by atoms with Gasteiger partial charge in [-0.1, -0.05) is 62.4 Å². The quantitative estimate of drug-likeness (QED) is 0.146. The minimum absolute atomic E-state index is 0.0270. The highest BCUT2D eigenvalue weighted by Crippen LogP contribution is 2.41. The predicted molar refractivity (Wildman–Crippen MR) is 223 cm³/mol. The molecule has 0 saturated heterocycles. The van der Waals surface area contributed by atoms with Crippen molar-refractivity contribution in [1.82, 2.24) is 29.1 Å². The lowest BCUT2D eigenvalue weighted by molar-refractivity contribution is 0.402. The molecule has 5 aromatic heterocycles. The smallest absolute Gasteiger partial charge is 0.208 e. The maximum Gasteiger partial charge on any atom is 0.208 e. The predicted octanol–water partition coefficient (Wildman–Crippen LogP) is 12.0. The fourth-order valence-corrected chi connectivity index (χ4v) is 7.68. The Morgan fingerprint density at radius 1 is 0.526 bits per heavy atom. The number of ether oxygens (including phenoxy) is 2. The number of hydrogen-bond donors (Lipinski definition) is 0. The first kappa shape index (κ1) is 34.1. The minimum Gasteiger partial charge on any atom is -0.454 e. The summed E-state index contributed by atoms with van der Waals surface area (Å²) in [5.41, 5.74) is 5.33. The molecule has 10 rings (SSSR count). The summed E-state index contributed by atoms with van der Waals surface area (Å²) < 4.78 is 34.0. The van der Waals surface area contributed by atoms with Gasteiger partial charge < -0.3 is 9.47 Å². The van der Waals surface area contributed by atoms with E-state index in [1.807, 2.05) is 109 Å². The zero-order chi connectivity index (χ0) is 38.5. The molecule has 0 fully saturated rings. The van der Waals surface area contributed by atoms with Crippen molar-refractivity contribution in [2.45, 2.75) is 20.3 Å². The molecular weight excluding hydrogens is 712 g/mol. The van der Waals surface area contributed by atoms with Crippen LogP contribution in [0.3, 0.4) is 0 Å². The molecule has 57 heavy (non-hydrogen) atoms. The summed E-state index contributed by atoms with van der Waals surface area (Å²) >= 11 is 0. The number of rotatable bonds is 9. The molecule has 0 aliphatic rings. The maximum absolute atomic E-state index is 16.9. The van der Waals surface area contributed by atoms with Crippen LogP contribution in [0.1, 0.15) is 19.4 Å². The molecule has 0 N–H and O–H groups in total. The summed E-state index contributed by atoms with van der Waals surface area (Å²) in [6, 6.07) is 42.8. The zero-order valence-corrected chi connectivity index (χ0v) is 31.2. The molecule has 0 amide bonds. The van der Waals surface area contributed by atoms with Crippen molar-refractivity contribution in [1.29, 1.82) is 0 Å². The van der Waals surface area contributed by atoms with Crippen molar-refractivity contribution >= 4 is 43.6 Å². The van der Waals surface area contributed by atoms with Crippen LogP contribution < -0.4 is 9.47 Å². The van der Waals surface area contributed by atoms with Gasteiger partial charge in [-0.3, -0.25) is 9.13 Å². The van der Waals surface area contributed by atoms with Crippen LogP contribution in [0.15, 0.2) is 158 Å². The zero-order valence-electron chi connectivity index (χ0n) is 31.2. The van der Waals surface area contributed by atoms with Crippen molar-refractivity contribution in [2.75, 3.05) is 0 Å². The van der Waals surface area contributed by atoms with Crippen LogP contribution in [0.2, 0.25) is 0 Å². The average Bonchev–Trinajstić information content (AvgIpc) is 3.75. The lowest BCUT2D eigenvalue weighted by atomic mass is 10.1. The van der Waals surface area contributed by atoms with Gasteiger partial charge in [0.05, 0.1) is 22.1 Å². The van der Waals surface area contributed by atoms with E-state index < -0.39 is 5.82 Å². The van der Waals surface area contributed by atoms with Gasteiger partial charge >= 0.3 is 0 Å². The molecule has 0 atom stereocenters. The van der Waals surface area contributed by atoms with Gasteiger partial charge in [0.1, 0.15) is 23.1 Å². The van der Waals surface area contributed by atoms with Crippen LogP contribution in [0.4, 0.5) is 4.39 Å².